The van der Waals surface area contributed by atoms with E-state index in [0.717, 1.165) is 37.5 Å². The van der Waals surface area contributed by atoms with Crippen LogP contribution in [0.25, 0.3) is 0 Å². The van der Waals surface area contributed by atoms with Crippen molar-refractivity contribution >= 4 is 12.1 Å². The fraction of sp³-hybridized carbons (Fsp3) is 0.680. The van der Waals surface area contributed by atoms with E-state index in [-0.39, 0.29) is 17.6 Å². The fourth-order valence-corrected chi connectivity index (χ4v) is 3.08. The highest BCUT2D eigenvalue weighted by atomic mass is 19.1. The van der Waals surface area contributed by atoms with Gasteiger partial charge in [0.15, 0.2) is 11.6 Å². The number of ether oxygens (including phenoxy) is 3. The average Bonchev–Trinajstić information content (AvgIpc) is 2.67. The van der Waals surface area contributed by atoms with Gasteiger partial charge in [0.1, 0.15) is 23.6 Å². The van der Waals surface area contributed by atoms with Crippen LogP contribution in [0.2, 0.25) is 0 Å². The number of primary amides is 1. The van der Waals surface area contributed by atoms with E-state index in [1.165, 1.54) is 0 Å². The zero-order valence-corrected chi connectivity index (χ0v) is 21.2. The molecule has 0 aliphatic carbocycles. The van der Waals surface area contributed by atoms with E-state index in [0.29, 0.717) is 12.3 Å². The SMILES string of the molecule is CC(C)(C)OC(N)=O.CCC(CC)C(Oc1cc(F)ccc1F)C(C)OC(=O)CCC(C)C. The number of amides is 1. The average molecular weight is 474 g/mol. The number of rotatable bonds is 10. The lowest BCUT2D eigenvalue weighted by molar-refractivity contribution is -0.155. The molecule has 0 bridgehead atoms. The molecule has 1 aromatic rings. The van der Waals surface area contributed by atoms with Crippen molar-refractivity contribution in [3.63, 3.8) is 0 Å². The Bertz CT molecular complexity index is 730. The number of halogens is 2. The molecule has 0 radical (unpaired) electrons. The van der Waals surface area contributed by atoms with Crippen LogP contribution in [-0.4, -0.2) is 29.9 Å². The van der Waals surface area contributed by atoms with Gasteiger partial charge in [-0.2, -0.15) is 0 Å². The zero-order valence-electron chi connectivity index (χ0n) is 21.2. The highest BCUT2D eigenvalue weighted by molar-refractivity contribution is 5.69. The monoisotopic (exact) mass is 473 g/mol. The van der Waals surface area contributed by atoms with Crippen LogP contribution >= 0.6 is 0 Å². The third-order valence-electron chi connectivity index (χ3n) is 4.78. The molecule has 0 saturated heterocycles. The third-order valence-corrected chi connectivity index (χ3v) is 4.78. The van der Waals surface area contributed by atoms with Gasteiger partial charge in [-0.3, -0.25) is 4.79 Å². The maximum absolute atomic E-state index is 13.9. The van der Waals surface area contributed by atoms with E-state index < -0.39 is 35.5 Å². The van der Waals surface area contributed by atoms with Crippen LogP contribution in [0, 0.1) is 23.5 Å². The molecule has 1 rings (SSSR count). The molecule has 0 fully saturated rings. The van der Waals surface area contributed by atoms with Crippen LogP contribution in [0.4, 0.5) is 13.6 Å². The Labute approximate surface area is 197 Å². The van der Waals surface area contributed by atoms with Crippen molar-refractivity contribution in [2.45, 2.75) is 98.9 Å². The van der Waals surface area contributed by atoms with Crippen molar-refractivity contribution in [2.75, 3.05) is 0 Å². The molecule has 190 valence electrons. The summed E-state index contributed by atoms with van der Waals surface area (Å²) in [4.78, 5) is 22.0. The number of hydrogen-bond acceptors (Lipinski definition) is 5. The molecule has 0 aliphatic heterocycles. The van der Waals surface area contributed by atoms with E-state index in [1.807, 2.05) is 27.7 Å². The van der Waals surface area contributed by atoms with Gasteiger partial charge in [0.2, 0.25) is 0 Å². The van der Waals surface area contributed by atoms with Gasteiger partial charge in [-0.1, -0.05) is 27.7 Å². The van der Waals surface area contributed by atoms with Crippen molar-refractivity contribution in [1.82, 2.24) is 0 Å². The summed E-state index contributed by atoms with van der Waals surface area (Å²) in [6.07, 6.45) is 0.851. The Kier molecular flexibility index (Phi) is 13.6. The largest absolute Gasteiger partial charge is 0.483 e. The van der Waals surface area contributed by atoms with Crippen molar-refractivity contribution in [3.8, 4) is 5.75 Å². The maximum atomic E-state index is 13.9. The second-order valence-electron chi connectivity index (χ2n) is 9.39. The van der Waals surface area contributed by atoms with E-state index in [2.05, 4.69) is 4.74 Å². The predicted octanol–water partition coefficient (Wildman–Crippen LogP) is 6.40. The summed E-state index contributed by atoms with van der Waals surface area (Å²) in [5.41, 5.74) is 4.26. The molecule has 0 saturated carbocycles. The molecule has 33 heavy (non-hydrogen) atoms. The van der Waals surface area contributed by atoms with Crippen molar-refractivity contribution in [3.05, 3.63) is 29.8 Å². The highest BCUT2D eigenvalue weighted by Crippen LogP contribution is 2.27. The zero-order chi connectivity index (χ0) is 25.8. The molecule has 1 amide bonds. The van der Waals surface area contributed by atoms with Crippen molar-refractivity contribution < 1.29 is 32.6 Å². The minimum atomic E-state index is -0.725. The standard InChI is InChI=1S/C20H30F2O3.C5H11NO2/c1-6-15(7-2)20(14(5)24-19(23)11-8-13(3)4)25-18-12-16(21)9-10-17(18)22;1-5(2,3)8-4(6)7/h9-10,12-15,20H,6-8,11H2,1-5H3;1-3H3,(H2,6,7). The number of esters is 1. The number of hydrogen-bond donors (Lipinski definition) is 1. The molecular weight excluding hydrogens is 432 g/mol. The Morgan fingerprint density at radius 1 is 1.06 bits per heavy atom. The lowest BCUT2D eigenvalue weighted by Crippen LogP contribution is -2.39. The molecule has 0 aliphatic rings. The first-order chi connectivity index (χ1) is 15.2. The minimum Gasteiger partial charge on any atom is -0.483 e. The molecule has 0 aromatic heterocycles. The summed E-state index contributed by atoms with van der Waals surface area (Å²) >= 11 is 0. The van der Waals surface area contributed by atoms with E-state index in [9.17, 15) is 18.4 Å². The van der Waals surface area contributed by atoms with Gasteiger partial charge in [-0.05, 0) is 70.9 Å². The molecule has 2 unspecified atom stereocenters. The van der Waals surface area contributed by atoms with Crippen LogP contribution in [-0.2, 0) is 14.3 Å². The van der Waals surface area contributed by atoms with Crippen LogP contribution < -0.4 is 10.5 Å². The smallest absolute Gasteiger partial charge is 0.405 e. The summed E-state index contributed by atoms with van der Waals surface area (Å²) in [6, 6.07) is 3.11. The quantitative estimate of drug-likeness (QED) is 0.398. The molecule has 2 N–H and O–H groups in total. The van der Waals surface area contributed by atoms with Gasteiger partial charge < -0.3 is 19.9 Å². The lowest BCUT2D eigenvalue weighted by atomic mass is 9.93. The molecular formula is C25H41F2NO5. The number of carbonyl (C=O) groups is 2. The summed E-state index contributed by atoms with van der Waals surface area (Å²) in [7, 11) is 0. The fourth-order valence-electron chi connectivity index (χ4n) is 3.08. The van der Waals surface area contributed by atoms with Gasteiger partial charge in [0, 0.05) is 12.5 Å². The number of benzene rings is 1. The maximum Gasteiger partial charge on any atom is 0.405 e. The van der Waals surface area contributed by atoms with Gasteiger partial charge in [0.25, 0.3) is 0 Å². The summed E-state index contributed by atoms with van der Waals surface area (Å²) in [5, 5.41) is 0. The van der Waals surface area contributed by atoms with Crippen LogP contribution in [0.1, 0.15) is 81.1 Å². The molecule has 0 heterocycles. The number of carbonyl (C=O) groups excluding carboxylic acids is 2. The van der Waals surface area contributed by atoms with Gasteiger partial charge in [-0.15, -0.1) is 0 Å². The van der Waals surface area contributed by atoms with Gasteiger partial charge in [0.05, 0.1) is 0 Å². The second-order valence-corrected chi connectivity index (χ2v) is 9.39. The van der Waals surface area contributed by atoms with Gasteiger partial charge >= 0.3 is 12.1 Å². The van der Waals surface area contributed by atoms with E-state index in [1.54, 1.807) is 27.7 Å². The first-order valence-corrected chi connectivity index (χ1v) is 11.5. The van der Waals surface area contributed by atoms with E-state index >= 15 is 0 Å². The summed E-state index contributed by atoms with van der Waals surface area (Å²) in [5.74, 6) is -1.16. The third kappa shape index (κ3) is 13.7. The Morgan fingerprint density at radius 2 is 1.64 bits per heavy atom. The highest BCUT2D eigenvalue weighted by Gasteiger charge is 2.30. The molecule has 8 heteroatoms. The van der Waals surface area contributed by atoms with Gasteiger partial charge in [-0.25, -0.2) is 13.6 Å². The Balaban J connectivity index is 0.00000109. The second kappa shape index (κ2) is 14.7. The molecule has 6 nitrogen and oxygen atoms in total. The first kappa shape index (κ1) is 30.6. The van der Waals surface area contributed by atoms with Crippen molar-refractivity contribution in [1.29, 1.82) is 0 Å². The summed E-state index contributed by atoms with van der Waals surface area (Å²) < 4.78 is 43.2. The lowest BCUT2D eigenvalue weighted by Gasteiger charge is -2.31. The van der Waals surface area contributed by atoms with Crippen molar-refractivity contribution in [2.24, 2.45) is 17.6 Å². The minimum absolute atomic E-state index is 0.0653. The topological polar surface area (TPSA) is 87.8 Å². The molecule has 2 atom stereocenters. The van der Waals surface area contributed by atoms with E-state index in [4.69, 9.17) is 15.2 Å². The first-order valence-electron chi connectivity index (χ1n) is 11.5. The van der Waals surface area contributed by atoms with Crippen LogP contribution in [0.5, 0.6) is 5.75 Å². The van der Waals surface area contributed by atoms with Crippen LogP contribution in [0.15, 0.2) is 18.2 Å². The number of nitrogens with two attached hydrogens (primary N) is 1. The Hall–Kier alpha value is -2.38. The van der Waals surface area contributed by atoms with Crippen LogP contribution in [0.3, 0.4) is 0 Å². The normalized spacial score (nSPS) is 13.1. The summed E-state index contributed by atoms with van der Waals surface area (Å²) in [6.45, 7) is 15.1. The Morgan fingerprint density at radius 3 is 2.06 bits per heavy atom. The molecule has 1 aromatic carbocycles. The molecule has 0 spiro atoms. The predicted molar refractivity (Wildman–Crippen MR) is 125 cm³/mol.